The smallest absolute Gasteiger partial charge is 0.151 e. The number of ether oxygens (including phenoxy) is 1. The zero-order valence-electron chi connectivity index (χ0n) is 11.6. The number of hydrogen-bond acceptors (Lipinski definition) is 5. The first-order chi connectivity index (χ1) is 9.55. The summed E-state index contributed by atoms with van der Waals surface area (Å²) in [7, 11) is -1.34. The molecule has 20 heavy (non-hydrogen) atoms. The summed E-state index contributed by atoms with van der Waals surface area (Å²) in [6.07, 6.45) is 1.69. The van der Waals surface area contributed by atoms with Gasteiger partial charge >= 0.3 is 0 Å². The minimum absolute atomic E-state index is 0.109. The van der Waals surface area contributed by atoms with Crippen LogP contribution in [0.15, 0.2) is 30.5 Å². The van der Waals surface area contributed by atoms with Crippen LogP contribution < -0.4 is 10.1 Å². The van der Waals surface area contributed by atoms with Crippen molar-refractivity contribution < 1.29 is 13.2 Å². The van der Waals surface area contributed by atoms with Crippen molar-refractivity contribution >= 4 is 26.4 Å². The van der Waals surface area contributed by atoms with Crippen LogP contribution in [-0.4, -0.2) is 38.6 Å². The second kappa shape index (κ2) is 6.09. The lowest BCUT2D eigenvalue weighted by Gasteiger charge is -2.09. The van der Waals surface area contributed by atoms with Gasteiger partial charge in [0.1, 0.15) is 11.6 Å². The highest BCUT2D eigenvalue weighted by atomic mass is 32.2. The third-order valence-electron chi connectivity index (χ3n) is 3.12. The average Bonchev–Trinajstić information content (AvgIpc) is 2.46. The van der Waals surface area contributed by atoms with Crippen molar-refractivity contribution in [3.8, 4) is 5.75 Å². The second-order valence-electron chi connectivity index (χ2n) is 4.41. The second-order valence-corrected chi connectivity index (χ2v) is 6.88. The Morgan fingerprint density at radius 2 is 2.10 bits per heavy atom. The van der Waals surface area contributed by atoms with E-state index in [-0.39, 0.29) is 11.5 Å². The molecular formula is C14H18N2O3S. The van der Waals surface area contributed by atoms with Crippen molar-refractivity contribution in [3.63, 3.8) is 0 Å². The average molecular weight is 294 g/mol. The first-order valence-electron chi connectivity index (χ1n) is 6.43. The van der Waals surface area contributed by atoms with Crippen LogP contribution >= 0.6 is 0 Å². The zero-order chi connectivity index (χ0) is 14.6. The van der Waals surface area contributed by atoms with Gasteiger partial charge in [-0.25, -0.2) is 13.4 Å². The van der Waals surface area contributed by atoms with Crippen molar-refractivity contribution in [2.24, 2.45) is 0 Å². The van der Waals surface area contributed by atoms with Gasteiger partial charge in [-0.05, 0) is 29.7 Å². The van der Waals surface area contributed by atoms with Gasteiger partial charge in [-0.2, -0.15) is 0 Å². The Balaban J connectivity index is 2.18. The van der Waals surface area contributed by atoms with Gasteiger partial charge in [0.05, 0.1) is 12.9 Å². The molecule has 1 N–H and O–H groups in total. The van der Waals surface area contributed by atoms with E-state index < -0.39 is 9.84 Å². The molecule has 5 nitrogen and oxygen atoms in total. The van der Waals surface area contributed by atoms with E-state index in [0.717, 1.165) is 16.5 Å². The quantitative estimate of drug-likeness (QED) is 0.883. The molecule has 6 heteroatoms. The van der Waals surface area contributed by atoms with E-state index in [9.17, 15) is 8.42 Å². The molecule has 0 fully saturated rings. The molecule has 0 radical (unpaired) electrons. The number of fused-ring (bicyclic) bond motifs is 1. The van der Waals surface area contributed by atoms with E-state index in [0.29, 0.717) is 12.4 Å². The SMILES string of the molecule is CCS(=O)(=O)CCNc1nccc2cc(OC)ccc12. The zero-order valence-corrected chi connectivity index (χ0v) is 12.4. The molecule has 1 aromatic heterocycles. The maximum atomic E-state index is 11.5. The lowest BCUT2D eigenvalue weighted by Crippen LogP contribution is -2.17. The number of hydrogen-bond donors (Lipinski definition) is 1. The predicted octanol–water partition coefficient (Wildman–Crippen LogP) is 2.09. The van der Waals surface area contributed by atoms with Crippen molar-refractivity contribution in [1.29, 1.82) is 0 Å². The van der Waals surface area contributed by atoms with Gasteiger partial charge in [0.25, 0.3) is 0 Å². The number of pyridine rings is 1. The van der Waals surface area contributed by atoms with Crippen molar-refractivity contribution in [2.45, 2.75) is 6.92 Å². The van der Waals surface area contributed by atoms with Crippen LogP contribution in [0.5, 0.6) is 5.75 Å². The normalized spacial score (nSPS) is 11.5. The summed E-state index contributed by atoms with van der Waals surface area (Å²) in [6.45, 7) is 2.01. The fourth-order valence-electron chi connectivity index (χ4n) is 1.89. The molecule has 0 unspecified atom stereocenters. The summed E-state index contributed by atoms with van der Waals surface area (Å²) in [5.74, 6) is 1.74. The van der Waals surface area contributed by atoms with E-state index in [1.165, 1.54) is 0 Å². The van der Waals surface area contributed by atoms with E-state index in [2.05, 4.69) is 10.3 Å². The third kappa shape index (κ3) is 3.39. The molecule has 2 aromatic rings. The highest BCUT2D eigenvalue weighted by molar-refractivity contribution is 7.91. The molecule has 0 aliphatic heterocycles. The monoisotopic (exact) mass is 294 g/mol. The molecule has 0 aliphatic carbocycles. The summed E-state index contributed by atoms with van der Waals surface area (Å²) in [5, 5.41) is 5.03. The molecule has 0 spiro atoms. The van der Waals surface area contributed by atoms with Gasteiger partial charge in [-0.3, -0.25) is 0 Å². The summed E-state index contributed by atoms with van der Waals surface area (Å²) in [5.41, 5.74) is 0. The fraction of sp³-hybridized carbons (Fsp3) is 0.357. The van der Waals surface area contributed by atoms with Gasteiger partial charge in [0, 0.05) is 23.9 Å². The van der Waals surface area contributed by atoms with Gasteiger partial charge in [-0.15, -0.1) is 0 Å². The Morgan fingerprint density at radius 3 is 2.80 bits per heavy atom. The van der Waals surface area contributed by atoms with Crippen LogP contribution in [0.25, 0.3) is 10.8 Å². The predicted molar refractivity (Wildman–Crippen MR) is 81.1 cm³/mol. The molecule has 1 aromatic carbocycles. The van der Waals surface area contributed by atoms with E-state index in [1.807, 2.05) is 24.3 Å². The lowest BCUT2D eigenvalue weighted by atomic mass is 10.1. The first kappa shape index (κ1) is 14.6. The molecule has 0 saturated carbocycles. The number of nitrogens with one attached hydrogen (secondary N) is 1. The Hall–Kier alpha value is -1.82. The molecule has 0 saturated heterocycles. The number of sulfone groups is 1. The number of methoxy groups -OCH3 is 1. The molecule has 108 valence electrons. The molecule has 0 amide bonds. The lowest BCUT2D eigenvalue weighted by molar-refractivity contribution is 0.415. The Morgan fingerprint density at radius 1 is 1.30 bits per heavy atom. The summed E-state index contributed by atoms with van der Waals surface area (Å²) in [6, 6.07) is 7.59. The molecule has 0 bridgehead atoms. The Labute approximate surface area is 118 Å². The van der Waals surface area contributed by atoms with Crippen molar-refractivity contribution in [3.05, 3.63) is 30.5 Å². The van der Waals surface area contributed by atoms with Crippen LogP contribution in [-0.2, 0) is 9.84 Å². The van der Waals surface area contributed by atoms with Gasteiger partial charge in [0.15, 0.2) is 9.84 Å². The highest BCUT2D eigenvalue weighted by Gasteiger charge is 2.08. The number of nitrogens with zero attached hydrogens (tertiary/aromatic N) is 1. The summed E-state index contributed by atoms with van der Waals surface area (Å²) >= 11 is 0. The van der Waals surface area contributed by atoms with Crippen molar-refractivity contribution in [1.82, 2.24) is 4.98 Å². The maximum Gasteiger partial charge on any atom is 0.151 e. The van der Waals surface area contributed by atoms with Crippen LogP contribution in [0.1, 0.15) is 6.92 Å². The van der Waals surface area contributed by atoms with Crippen LogP contribution in [0.4, 0.5) is 5.82 Å². The van der Waals surface area contributed by atoms with Crippen molar-refractivity contribution in [2.75, 3.05) is 30.5 Å². The number of benzene rings is 1. The van der Waals surface area contributed by atoms with E-state index in [1.54, 1.807) is 20.2 Å². The third-order valence-corrected chi connectivity index (χ3v) is 4.82. The van der Waals surface area contributed by atoms with E-state index in [4.69, 9.17) is 4.74 Å². The summed E-state index contributed by atoms with van der Waals surface area (Å²) < 4.78 is 28.1. The summed E-state index contributed by atoms with van der Waals surface area (Å²) in [4.78, 5) is 4.26. The highest BCUT2D eigenvalue weighted by Crippen LogP contribution is 2.25. The van der Waals surface area contributed by atoms with Gasteiger partial charge in [0.2, 0.25) is 0 Å². The molecular weight excluding hydrogens is 276 g/mol. The van der Waals surface area contributed by atoms with Crippen LogP contribution in [0, 0.1) is 0 Å². The Bertz CT molecular complexity index is 699. The van der Waals surface area contributed by atoms with Crippen LogP contribution in [0.2, 0.25) is 0 Å². The molecule has 0 atom stereocenters. The fourth-order valence-corrected chi connectivity index (χ4v) is 2.59. The molecule has 0 aliphatic rings. The number of anilines is 1. The largest absolute Gasteiger partial charge is 0.497 e. The topological polar surface area (TPSA) is 68.3 Å². The first-order valence-corrected chi connectivity index (χ1v) is 8.25. The number of rotatable bonds is 6. The van der Waals surface area contributed by atoms with Gasteiger partial charge in [-0.1, -0.05) is 6.92 Å². The minimum Gasteiger partial charge on any atom is -0.497 e. The maximum absolute atomic E-state index is 11.5. The van der Waals surface area contributed by atoms with Gasteiger partial charge < -0.3 is 10.1 Å². The molecule has 2 rings (SSSR count). The standard InChI is InChI=1S/C14H18N2O3S/c1-3-20(17,18)9-8-16-14-13-5-4-12(19-2)10-11(13)6-7-15-14/h4-7,10H,3,8-9H2,1-2H3,(H,15,16). The van der Waals surface area contributed by atoms with E-state index >= 15 is 0 Å². The Kier molecular flexibility index (Phi) is 4.44. The molecule has 1 heterocycles. The number of aromatic nitrogens is 1. The minimum atomic E-state index is -2.96. The van der Waals surface area contributed by atoms with Crippen LogP contribution in [0.3, 0.4) is 0 Å².